The summed E-state index contributed by atoms with van der Waals surface area (Å²) < 4.78 is 7.26. The van der Waals surface area contributed by atoms with Gasteiger partial charge in [-0.25, -0.2) is 9.97 Å². The summed E-state index contributed by atoms with van der Waals surface area (Å²) in [6.07, 6.45) is 3.19. The minimum atomic E-state index is -0.449. The molecule has 1 aromatic carbocycles. The lowest BCUT2D eigenvalue weighted by Crippen LogP contribution is -1.97. The third-order valence-electron chi connectivity index (χ3n) is 3.43. The SMILES string of the molecule is Cn1c(CO)cnc1SCc1coc(-c2ccc([N+](=O)[O-])cc2)n1. The third-order valence-corrected chi connectivity index (χ3v) is 4.51. The maximum atomic E-state index is 10.7. The van der Waals surface area contributed by atoms with Gasteiger partial charge in [-0.2, -0.15) is 0 Å². The Morgan fingerprint density at radius 1 is 1.38 bits per heavy atom. The Morgan fingerprint density at radius 2 is 2.12 bits per heavy atom. The van der Waals surface area contributed by atoms with Crippen molar-refractivity contribution in [1.29, 1.82) is 0 Å². The largest absolute Gasteiger partial charge is 0.444 e. The molecule has 0 radical (unpaired) electrons. The Hall–Kier alpha value is -2.65. The van der Waals surface area contributed by atoms with Crippen LogP contribution in [0.2, 0.25) is 0 Å². The molecule has 0 spiro atoms. The van der Waals surface area contributed by atoms with Gasteiger partial charge in [-0.3, -0.25) is 10.1 Å². The first-order valence-electron chi connectivity index (χ1n) is 7.02. The fraction of sp³-hybridized carbons (Fsp3) is 0.200. The molecule has 0 amide bonds. The third kappa shape index (κ3) is 3.31. The van der Waals surface area contributed by atoms with E-state index in [1.54, 1.807) is 24.6 Å². The second-order valence-electron chi connectivity index (χ2n) is 4.99. The van der Waals surface area contributed by atoms with Crippen molar-refractivity contribution >= 4 is 17.4 Å². The van der Waals surface area contributed by atoms with Crippen molar-refractivity contribution in [3.63, 3.8) is 0 Å². The minimum Gasteiger partial charge on any atom is -0.444 e. The topological polar surface area (TPSA) is 107 Å². The number of imidazole rings is 1. The smallest absolute Gasteiger partial charge is 0.269 e. The maximum absolute atomic E-state index is 10.7. The summed E-state index contributed by atoms with van der Waals surface area (Å²) in [6, 6.07) is 6.04. The summed E-state index contributed by atoms with van der Waals surface area (Å²) in [5.41, 5.74) is 2.18. The molecule has 0 saturated carbocycles. The number of nitrogens with zero attached hydrogens (tertiary/aromatic N) is 4. The van der Waals surface area contributed by atoms with Gasteiger partial charge in [0.1, 0.15) is 6.26 Å². The molecule has 0 atom stereocenters. The number of hydrogen-bond donors (Lipinski definition) is 1. The number of benzene rings is 1. The molecular weight excluding hydrogens is 332 g/mol. The van der Waals surface area contributed by atoms with Gasteiger partial charge in [0.25, 0.3) is 5.69 Å². The first kappa shape index (κ1) is 16.2. The molecule has 3 rings (SSSR count). The highest BCUT2D eigenvalue weighted by Gasteiger charge is 2.12. The predicted molar refractivity (Wildman–Crippen MR) is 87.3 cm³/mol. The Bertz CT molecular complexity index is 857. The molecule has 2 heterocycles. The van der Waals surface area contributed by atoms with Crippen LogP contribution in [0.15, 0.2) is 46.3 Å². The summed E-state index contributed by atoms with van der Waals surface area (Å²) in [7, 11) is 1.84. The van der Waals surface area contributed by atoms with Crippen molar-refractivity contribution < 1.29 is 14.4 Å². The number of rotatable bonds is 6. The molecule has 8 nitrogen and oxygen atoms in total. The Kier molecular flexibility index (Phi) is 4.63. The number of aliphatic hydroxyl groups excluding tert-OH is 1. The van der Waals surface area contributed by atoms with Crippen molar-refractivity contribution in [3.8, 4) is 11.5 Å². The fourth-order valence-corrected chi connectivity index (χ4v) is 2.92. The molecule has 0 aliphatic rings. The average molecular weight is 346 g/mol. The van der Waals surface area contributed by atoms with Crippen molar-refractivity contribution in [2.24, 2.45) is 7.05 Å². The van der Waals surface area contributed by atoms with E-state index >= 15 is 0 Å². The lowest BCUT2D eigenvalue weighted by molar-refractivity contribution is -0.384. The number of aromatic nitrogens is 3. The van der Waals surface area contributed by atoms with Gasteiger partial charge >= 0.3 is 0 Å². The van der Waals surface area contributed by atoms with Gasteiger partial charge in [0, 0.05) is 30.5 Å². The molecular formula is C15H14N4O4S. The number of nitro benzene ring substituents is 1. The molecule has 3 aromatic rings. The number of thioether (sulfide) groups is 1. The van der Waals surface area contributed by atoms with E-state index in [0.29, 0.717) is 17.2 Å². The quantitative estimate of drug-likeness (QED) is 0.415. The Labute approximate surface area is 141 Å². The summed E-state index contributed by atoms with van der Waals surface area (Å²) in [4.78, 5) is 18.8. The van der Waals surface area contributed by atoms with E-state index in [9.17, 15) is 10.1 Å². The molecule has 0 saturated heterocycles. The molecule has 9 heteroatoms. The van der Waals surface area contributed by atoms with E-state index in [4.69, 9.17) is 9.52 Å². The summed E-state index contributed by atoms with van der Waals surface area (Å²) in [5, 5.41) is 20.6. The van der Waals surface area contributed by atoms with Crippen LogP contribution in [0, 0.1) is 10.1 Å². The van der Waals surface area contributed by atoms with E-state index in [2.05, 4.69) is 9.97 Å². The van der Waals surface area contributed by atoms with Crippen LogP contribution in [0.5, 0.6) is 0 Å². The van der Waals surface area contributed by atoms with Crippen LogP contribution in [0.1, 0.15) is 11.4 Å². The summed E-state index contributed by atoms with van der Waals surface area (Å²) in [5.74, 6) is 0.975. The van der Waals surface area contributed by atoms with E-state index in [0.717, 1.165) is 16.5 Å². The standard InChI is InChI=1S/C15H14N4O4S/c1-18-13(7-20)6-16-15(18)24-9-11-8-23-14(17-11)10-2-4-12(5-3-10)19(21)22/h2-6,8,20H,7,9H2,1H3. The van der Waals surface area contributed by atoms with Gasteiger partial charge in [-0.1, -0.05) is 11.8 Å². The molecule has 2 aromatic heterocycles. The zero-order valence-corrected chi connectivity index (χ0v) is 13.6. The number of non-ortho nitro benzene ring substituents is 1. The first-order chi connectivity index (χ1) is 11.6. The number of hydrogen-bond acceptors (Lipinski definition) is 7. The van der Waals surface area contributed by atoms with Crippen molar-refractivity contribution in [2.75, 3.05) is 0 Å². The van der Waals surface area contributed by atoms with Crippen molar-refractivity contribution in [3.05, 3.63) is 58.2 Å². The second kappa shape index (κ2) is 6.85. The van der Waals surface area contributed by atoms with Gasteiger partial charge < -0.3 is 14.1 Å². The minimum absolute atomic E-state index is 0.0237. The fourth-order valence-electron chi connectivity index (χ4n) is 2.08. The lowest BCUT2D eigenvalue weighted by atomic mass is 10.2. The van der Waals surface area contributed by atoms with Crippen LogP contribution in [0.3, 0.4) is 0 Å². The van der Waals surface area contributed by atoms with E-state index in [1.807, 2.05) is 11.6 Å². The van der Waals surface area contributed by atoms with E-state index in [-0.39, 0.29) is 12.3 Å². The van der Waals surface area contributed by atoms with Crippen LogP contribution < -0.4 is 0 Å². The number of nitro groups is 1. The molecule has 1 N–H and O–H groups in total. The molecule has 0 aliphatic carbocycles. The highest BCUT2D eigenvalue weighted by Crippen LogP contribution is 2.25. The zero-order chi connectivity index (χ0) is 17.1. The molecule has 0 bridgehead atoms. The van der Waals surface area contributed by atoms with E-state index in [1.165, 1.54) is 23.9 Å². The normalized spacial score (nSPS) is 10.9. The van der Waals surface area contributed by atoms with Crippen LogP contribution >= 0.6 is 11.8 Å². The predicted octanol–water partition coefficient (Wildman–Crippen LogP) is 2.77. The summed E-state index contributed by atoms with van der Waals surface area (Å²) in [6.45, 7) is -0.0572. The van der Waals surface area contributed by atoms with Crippen LogP contribution in [-0.4, -0.2) is 24.6 Å². The van der Waals surface area contributed by atoms with Gasteiger partial charge in [0.2, 0.25) is 5.89 Å². The van der Waals surface area contributed by atoms with Gasteiger partial charge in [0.05, 0.1) is 29.1 Å². The first-order valence-corrected chi connectivity index (χ1v) is 8.00. The molecule has 24 heavy (non-hydrogen) atoms. The van der Waals surface area contributed by atoms with E-state index < -0.39 is 4.92 Å². The second-order valence-corrected chi connectivity index (χ2v) is 5.93. The van der Waals surface area contributed by atoms with Gasteiger partial charge in [-0.15, -0.1) is 0 Å². The molecule has 0 fully saturated rings. The number of oxazole rings is 1. The highest BCUT2D eigenvalue weighted by molar-refractivity contribution is 7.98. The van der Waals surface area contributed by atoms with Crippen molar-refractivity contribution in [1.82, 2.24) is 14.5 Å². The summed E-state index contributed by atoms with van der Waals surface area (Å²) >= 11 is 1.48. The van der Waals surface area contributed by atoms with Crippen LogP contribution in [0.4, 0.5) is 5.69 Å². The Morgan fingerprint density at radius 3 is 2.75 bits per heavy atom. The van der Waals surface area contributed by atoms with Crippen LogP contribution in [-0.2, 0) is 19.4 Å². The maximum Gasteiger partial charge on any atom is 0.269 e. The van der Waals surface area contributed by atoms with Gasteiger partial charge in [-0.05, 0) is 12.1 Å². The zero-order valence-electron chi connectivity index (χ0n) is 12.7. The molecule has 124 valence electrons. The lowest BCUT2D eigenvalue weighted by Gasteiger charge is -2.02. The monoisotopic (exact) mass is 346 g/mol. The Balaban J connectivity index is 1.69. The molecule has 0 aliphatic heterocycles. The molecule has 0 unspecified atom stereocenters. The highest BCUT2D eigenvalue weighted by atomic mass is 32.2. The van der Waals surface area contributed by atoms with Crippen molar-refractivity contribution in [2.45, 2.75) is 17.5 Å². The average Bonchev–Trinajstić information content (AvgIpc) is 3.19. The van der Waals surface area contributed by atoms with Crippen LogP contribution in [0.25, 0.3) is 11.5 Å². The number of aliphatic hydroxyl groups is 1. The van der Waals surface area contributed by atoms with Gasteiger partial charge in [0.15, 0.2) is 5.16 Å².